The summed E-state index contributed by atoms with van der Waals surface area (Å²) in [5.74, 6) is 0.418. The molecule has 0 aliphatic heterocycles. The van der Waals surface area contributed by atoms with E-state index in [9.17, 15) is 9.59 Å². The molecule has 0 bridgehead atoms. The molecule has 0 fully saturated rings. The highest BCUT2D eigenvalue weighted by Gasteiger charge is 2.09. The van der Waals surface area contributed by atoms with Gasteiger partial charge in [0, 0.05) is 30.1 Å². The molecule has 9 heteroatoms. The van der Waals surface area contributed by atoms with Crippen LogP contribution in [0, 0.1) is 6.92 Å². The van der Waals surface area contributed by atoms with E-state index in [1.165, 1.54) is 18.5 Å². The molecule has 0 radical (unpaired) electrons. The molecule has 0 aliphatic rings. The van der Waals surface area contributed by atoms with Crippen LogP contribution >= 0.6 is 0 Å². The molecule has 0 saturated heterocycles. The van der Waals surface area contributed by atoms with Crippen molar-refractivity contribution in [2.45, 2.75) is 13.5 Å². The third-order valence-electron chi connectivity index (χ3n) is 3.94. The molecule has 1 N–H and O–H groups in total. The molecule has 0 unspecified atom stereocenters. The number of pyridine rings is 1. The van der Waals surface area contributed by atoms with E-state index in [-0.39, 0.29) is 12.4 Å². The van der Waals surface area contributed by atoms with E-state index in [4.69, 9.17) is 4.74 Å². The van der Waals surface area contributed by atoms with Gasteiger partial charge in [-0.05, 0) is 25.1 Å². The molecule has 4 rings (SSSR count). The number of carbonyl (C=O) groups is 1. The Morgan fingerprint density at radius 1 is 1.14 bits per heavy atom. The summed E-state index contributed by atoms with van der Waals surface area (Å²) in [6, 6.07) is 13.6. The quantitative estimate of drug-likeness (QED) is 0.572. The highest BCUT2D eigenvalue weighted by Crippen LogP contribution is 2.18. The predicted octanol–water partition coefficient (Wildman–Crippen LogP) is 2.03. The Balaban J connectivity index is 1.47. The smallest absolute Gasteiger partial charge is 0.267 e. The number of ether oxygens (including phenoxy) is 1. The minimum absolute atomic E-state index is 0.223. The van der Waals surface area contributed by atoms with Crippen LogP contribution in [0.2, 0.25) is 0 Å². The van der Waals surface area contributed by atoms with E-state index in [1.54, 1.807) is 35.0 Å². The van der Waals surface area contributed by atoms with E-state index in [0.29, 0.717) is 17.1 Å². The lowest BCUT2D eigenvalue weighted by molar-refractivity contribution is -0.117. The first kappa shape index (κ1) is 17.4. The second-order valence-corrected chi connectivity index (χ2v) is 6.11. The number of hydrogen-bond acceptors (Lipinski definition) is 6. The number of amides is 1. The normalized spacial score (nSPS) is 10.8. The molecule has 28 heavy (non-hydrogen) atoms. The summed E-state index contributed by atoms with van der Waals surface area (Å²) < 4.78 is 8.27. The lowest BCUT2D eigenvalue weighted by atomic mass is 10.2. The van der Waals surface area contributed by atoms with Crippen molar-refractivity contribution in [3.8, 4) is 11.6 Å². The van der Waals surface area contributed by atoms with Crippen LogP contribution in [0.15, 0.2) is 65.8 Å². The average molecular weight is 376 g/mol. The van der Waals surface area contributed by atoms with Gasteiger partial charge in [-0.25, -0.2) is 14.2 Å². The molecule has 3 aromatic heterocycles. The number of anilines is 1. The minimum Gasteiger partial charge on any atom is -0.438 e. The van der Waals surface area contributed by atoms with Crippen molar-refractivity contribution >= 4 is 17.2 Å². The monoisotopic (exact) mass is 376 g/mol. The Morgan fingerprint density at radius 3 is 2.79 bits per heavy atom. The molecular formula is C19H16N6O3. The summed E-state index contributed by atoms with van der Waals surface area (Å²) in [4.78, 5) is 28.4. The van der Waals surface area contributed by atoms with Crippen LogP contribution in [-0.2, 0) is 11.3 Å². The molecule has 9 nitrogen and oxygen atoms in total. The van der Waals surface area contributed by atoms with Gasteiger partial charge in [-0.2, -0.15) is 5.10 Å². The second kappa shape index (κ2) is 7.31. The van der Waals surface area contributed by atoms with Gasteiger partial charge in [0.15, 0.2) is 5.65 Å². The first-order chi connectivity index (χ1) is 13.6. The van der Waals surface area contributed by atoms with Crippen LogP contribution in [0.1, 0.15) is 5.56 Å². The molecular weight excluding hydrogens is 360 g/mol. The van der Waals surface area contributed by atoms with Crippen molar-refractivity contribution in [2.75, 3.05) is 5.32 Å². The number of hydrogen-bond donors (Lipinski definition) is 1. The van der Waals surface area contributed by atoms with Crippen molar-refractivity contribution in [3.05, 3.63) is 77.0 Å². The van der Waals surface area contributed by atoms with Gasteiger partial charge in [0.2, 0.25) is 11.8 Å². The molecule has 0 spiro atoms. The van der Waals surface area contributed by atoms with Gasteiger partial charge in [-0.3, -0.25) is 9.59 Å². The Hall–Kier alpha value is -4.01. The van der Waals surface area contributed by atoms with Crippen LogP contribution in [0.5, 0.6) is 11.6 Å². The van der Waals surface area contributed by atoms with Crippen molar-refractivity contribution in [1.29, 1.82) is 0 Å². The minimum atomic E-state index is -0.403. The molecule has 1 aromatic carbocycles. The Kier molecular flexibility index (Phi) is 4.55. The van der Waals surface area contributed by atoms with Crippen LogP contribution in [0.3, 0.4) is 0 Å². The number of carbonyl (C=O) groups excluding carboxylic acids is 1. The summed E-state index contributed by atoms with van der Waals surface area (Å²) in [5.41, 5.74) is 1.85. The highest BCUT2D eigenvalue weighted by molar-refractivity contribution is 5.90. The zero-order valence-corrected chi connectivity index (χ0v) is 14.9. The first-order valence-corrected chi connectivity index (χ1v) is 8.49. The molecule has 0 aliphatic carbocycles. The van der Waals surface area contributed by atoms with Crippen LogP contribution in [0.4, 0.5) is 5.69 Å². The zero-order valence-electron chi connectivity index (χ0n) is 14.9. The van der Waals surface area contributed by atoms with E-state index < -0.39 is 11.5 Å². The van der Waals surface area contributed by atoms with E-state index >= 15 is 0 Å². The number of rotatable bonds is 5. The number of nitrogens with one attached hydrogen (secondary N) is 1. The number of aromatic nitrogens is 5. The number of fused-ring (bicyclic) bond motifs is 1. The van der Waals surface area contributed by atoms with E-state index in [1.807, 2.05) is 19.1 Å². The first-order valence-electron chi connectivity index (χ1n) is 8.49. The van der Waals surface area contributed by atoms with Crippen LogP contribution in [0.25, 0.3) is 5.65 Å². The lowest BCUT2D eigenvalue weighted by Crippen LogP contribution is -2.29. The van der Waals surface area contributed by atoms with Gasteiger partial charge in [0.25, 0.3) is 5.56 Å². The predicted molar refractivity (Wildman–Crippen MR) is 101 cm³/mol. The Bertz CT molecular complexity index is 1200. The van der Waals surface area contributed by atoms with E-state index in [0.717, 1.165) is 10.2 Å². The average Bonchev–Trinajstić information content (AvgIpc) is 3.14. The Morgan fingerprint density at radius 2 is 1.96 bits per heavy atom. The molecule has 3 heterocycles. The third kappa shape index (κ3) is 3.88. The van der Waals surface area contributed by atoms with Crippen molar-refractivity contribution < 1.29 is 9.53 Å². The summed E-state index contributed by atoms with van der Waals surface area (Å²) >= 11 is 0. The fourth-order valence-electron chi connectivity index (χ4n) is 2.55. The van der Waals surface area contributed by atoms with Gasteiger partial charge >= 0.3 is 0 Å². The Labute approximate surface area is 159 Å². The van der Waals surface area contributed by atoms with Crippen molar-refractivity contribution in [2.24, 2.45) is 0 Å². The lowest BCUT2D eigenvalue weighted by Gasteiger charge is -2.09. The maximum Gasteiger partial charge on any atom is 0.267 e. The maximum atomic E-state index is 12.3. The third-order valence-corrected chi connectivity index (χ3v) is 3.94. The zero-order chi connectivity index (χ0) is 19.5. The second-order valence-electron chi connectivity index (χ2n) is 6.11. The molecule has 0 atom stereocenters. The highest BCUT2D eigenvalue weighted by atomic mass is 16.5. The van der Waals surface area contributed by atoms with Gasteiger partial charge in [-0.15, -0.1) is 5.10 Å². The topological polar surface area (TPSA) is 103 Å². The molecule has 1 amide bonds. The van der Waals surface area contributed by atoms with Crippen molar-refractivity contribution in [1.82, 2.24) is 24.4 Å². The van der Waals surface area contributed by atoms with Gasteiger partial charge in [0.1, 0.15) is 18.6 Å². The fraction of sp³-hybridized carbons (Fsp3) is 0.105. The fourth-order valence-corrected chi connectivity index (χ4v) is 2.55. The van der Waals surface area contributed by atoms with Crippen LogP contribution < -0.4 is 15.6 Å². The standard InChI is InChI=1S/C19H16N6O3/c1-13-2-4-15(5-3-13)28-18-6-7-19(27)25(23-18)11-17(26)22-14-8-9-24-16(10-14)20-12-21-24/h2-10,12H,11H2,1H3,(H,22,26). The summed E-state index contributed by atoms with van der Waals surface area (Å²) in [6.45, 7) is 1.73. The van der Waals surface area contributed by atoms with Gasteiger partial charge in [0.05, 0.1) is 0 Å². The summed E-state index contributed by atoms with van der Waals surface area (Å²) in [7, 11) is 0. The SMILES string of the molecule is Cc1ccc(Oc2ccc(=O)n(CC(=O)Nc3ccn4ncnc4c3)n2)cc1. The summed E-state index contributed by atoms with van der Waals surface area (Å²) in [5, 5.41) is 10.8. The van der Waals surface area contributed by atoms with Crippen LogP contribution in [-0.4, -0.2) is 30.3 Å². The maximum absolute atomic E-state index is 12.3. The summed E-state index contributed by atoms with van der Waals surface area (Å²) in [6.07, 6.45) is 3.10. The largest absolute Gasteiger partial charge is 0.438 e. The van der Waals surface area contributed by atoms with Gasteiger partial charge in [-0.1, -0.05) is 17.7 Å². The molecule has 140 valence electrons. The number of nitrogens with zero attached hydrogens (tertiary/aromatic N) is 5. The van der Waals surface area contributed by atoms with Crippen molar-refractivity contribution in [3.63, 3.8) is 0 Å². The molecule has 0 saturated carbocycles. The number of aryl methyl sites for hydroxylation is 1. The van der Waals surface area contributed by atoms with E-state index in [2.05, 4.69) is 20.5 Å². The number of benzene rings is 1. The van der Waals surface area contributed by atoms with Gasteiger partial charge < -0.3 is 10.1 Å². The molecule has 4 aromatic rings.